The molecule has 0 saturated heterocycles. The zero-order chi connectivity index (χ0) is 27.6. The van der Waals surface area contributed by atoms with Crippen LogP contribution in [0.5, 0.6) is 0 Å². The Kier molecular flexibility index (Phi) is 7.63. The molecular formula is C28H25F4N3O3. The monoisotopic (exact) mass is 527 g/mol. The molecule has 1 heterocycles. The summed E-state index contributed by atoms with van der Waals surface area (Å²) in [5, 5.41) is 15.9. The lowest BCUT2D eigenvalue weighted by molar-refractivity contribution is -0.140. The summed E-state index contributed by atoms with van der Waals surface area (Å²) in [6.45, 7) is 5.22. The summed E-state index contributed by atoms with van der Waals surface area (Å²) in [6.07, 6.45) is -4.63. The van der Waals surface area contributed by atoms with E-state index in [9.17, 15) is 27.5 Å². The first-order valence-corrected chi connectivity index (χ1v) is 11.8. The molecule has 0 unspecified atom stereocenters. The standard InChI is InChI=1S/C28H25F4N3O3/c1-15(2)24(27(36)37)33-14-19-9-8-17(13-23(19)29)25-34-26(38-35-25)18-10-11-21(22(12-18)28(30,31)32)20-7-5-4-6-16(20)3/h4-13,15,24,33H,14H2,1-3H3,(H,36,37)/t24-/m0/s1. The second-order valence-corrected chi connectivity index (χ2v) is 9.24. The number of carboxylic acid groups (broad SMARTS) is 1. The number of hydrogen-bond acceptors (Lipinski definition) is 5. The van der Waals surface area contributed by atoms with Crippen LogP contribution in [0, 0.1) is 18.7 Å². The summed E-state index contributed by atoms with van der Waals surface area (Å²) >= 11 is 0. The number of carboxylic acids is 1. The lowest BCUT2D eigenvalue weighted by Crippen LogP contribution is -2.40. The van der Waals surface area contributed by atoms with E-state index < -0.39 is 29.6 Å². The van der Waals surface area contributed by atoms with E-state index in [-0.39, 0.29) is 46.4 Å². The van der Waals surface area contributed by atoms with Gasteiger partial charge in [0.1, 0.15) is 11.9 Å². The molecule has 4 aromatic rings. The number of aryl methyl sites for hydroxylation is 1. The second-order valence-electron chi connectivity index (χ2n) is 9.24. The molecule has 0 saturated carbocycles. The van der Waals surface area contributed by atoms with Gasteiger partial charge in [0, 0.05) is 23.2 Å². The van der Waals surface area contributed by atoms with Crippen LogP contribution in [-0.4, -0.2) is 27.3 Å². The fraction of sp³-hybridized carbons (Fsp3) is 0.250. The van der Waals surface area contributed by atoms with E-state index >= 15 is 0 Å². The van der Waals surface area contributed by atoms with Crippen molar-refractivity contribution in [3.05, 3.63) is 83.2 Å². The van der Waals surface area contributed by atoms with Crippen molar-refractivity contribution in [2.75, 3.05) is 0 Å². The average molecular weight is 528 g/mol. The number of benzene rings is 3. The molecule has 0 aliphatic carbocycles. The highest BCUT2D eigenvalue weighted by Crippen LogP contribution is 2.40. The molecule has 0 spiro atoms. The van der Waals surface area contributed by atoms with Gasteiger partial charge in [-0.05, 0) is 47.7 Å². The minimum Gasteiger partial charge on any atom is -0.480 e. The molecule has 0 fully saturated rings. The van der Waals surface area contributed by atoms with Crippen LogP contribution >= 0.6 is 0 Å². The van der Waals surface area contributed by atoms with E-state index in [0.29, 0.717) is 11.1 Å². The zero-order valence-electron chi connectivity index (χ0n) is 20.8. The zero-order valence-corrected chi connectivity index (χ0v) is 20.8. The Labute approximate surface area is 216 Å². The molecular weight excluding hydrogens is 502 g/mol. The summed E-state index contributed by atoms with van der Waals surface area (Å²) in [4.78, 5) is 15.5. The molecule has 0 aliphatic heterocycles. The first-order valence-electron chi connectivity index (χ1n) is 11.8. The van der Waals surface area contributed by atoms with Crippen LogP contribution in [0.2, 0.25) is 0 Å². The van der Waals surface area contributed by atoms with E-state index in [2.05, 4.69) is 15.5 Å². The van der Waals surface area contributed by atoms with Crippen LogP contribution in [0.3, 0.4) is 0 Å². The van der Waals surface area contributed by atoms with Gasteiger partial charge >= 0.3 is 12.1 Å². The van der Waals surface area contributed by atoms with Gasteiger partial charge in [-0.3, -0.25) is 10.1 Å². The third-order valence-electron chi connectivity index (χ3n) is 6.19. The van der Waals surface area contributed by atoms with E-state index in [1.165, 1.54) is 30.3 Å². The molecule has 2 N–H and O–H groups in total. The number of nitrogens with one attached hydrogen (secondary N) is 1. The number of aliphatic carboxylic acids is 1. The van der Waals surface area contributed by atoms with Crippen LogP contribution in [0.25, 0.3) is 34.0 Å². The normalized spacial score (nSPS) is 12.6. The Morgan fingerprint density at radius 1 is 1.03 bits per heavy atom. The molecule has 0 bridgehead atoms. The third-order valence-corrected chi connectivity index (χ3v) is 6.19. The molecule has 0 amide bonds. The van der Waals surface area contributed by atoms with Crippen molar-refractivity contribution in [3.8, 4) is 34.0 Å². The maximum Gasteiger partial charge on any atom is 0.417 e. The highest BCUT2D eigenvalue weighted by atomic mass is 19.4. The number of carbonyl (C=O) groups is 1. The van der Waals surface area contributed by atoms with E-state index in [4.69, 9.17) is 4.52 Å². The largest absolute Gasteiger partial charge is 0.480 e. The van der Waals surface area contributed by atoms with Gasteiger partial charge < -0.3 is 9.63 Å². The number of aromatic nitrogens is 2. The maximum atomic E-state index is 14.7. The predicted molar refractivity (Wildman–Crippen MR) is 133 cm³/mol. The van der Waals surface area contributed by atoms with Gasteiger partial charge in [-0.1, -0.05) is 61.5 Å². The summed E-state index contributed by atoms with van der Waals surface area (Å²) in [5.74, 6) is -1.99. The second kappa shape index (κ2) is 10.7. The van der Waals surface area contributed by atoms with Gasteiger partial charge in [-0.2, -0.15) is 18.2 Å². The molecule has 3 aromatic carbocycles. The van der Waals surface area contributed by atoms with Crippen LogP contribution in [0.15, 0.2) is 65.2 Å². The van der Waals surface area contributed by atoms with Gasteiger partial charge in [0.05, 0.1) is 5.56 Å². The van der Waals surface area contributed by atoms with Crippen molar-refractivity contribution < 1.29 is 32.0 Å². The number of alkyl halides is 3. The first kappa shape index (κ1) is 27.0. The predicted octanol–water partition coefficient (Wildman–Crippen LogP) is 6.74. The van der Waals surface area contributed by atoms with Gasteiger partial charge in [0.15, 0.2) is 0 Å². The Morgan fingerprint density at radius 3 is 2.37 bits per heavy atom. The fourth-order valence-electron chi connectivity index (χ4n) is 4.14. The van der Waals surface area contributed by atoms with E-state index in [1.54, 1.807) is 45.0 Å². The Bertz CT molecular complexity index is 1460. The van der Waals surface area contributed by atoms with Crippen LogP contribution in [0.1, 0.15) is 30.5 Å². The summed E-state index contributed by atoms with van der Waals surface area (Å²) in [5.41, 5.74) is 0.933. The van der Waals surface area contributed by atoms with Crippen molar-refractivity contribution >= 4 is 5.97 Å². The smallest absolute Gasteiger partial charge is 0.417 e. The topological polar surface area (TPSA) is 88.2 Å². The highest BCUT2D eigenvalue weighted by Gasteiger charge is 2.35. The average Bonchev–Trinajstić information content (AvgIpc) is 3.34. The van der Waals surface area contributed by atoms with Crippen LogP contribution in [0.4, 0.5) is 17.6 Å². The Morgan fingerprint density at radius 2 is 1.74 bits per heavy atom. The molecule has 10 heteroatoms. The van der Waals surface area contributed by atoms with Crippen LogP contribution < -0.4 is 5.32 Å². The number of rotatable bonds is 8. The third kappa shape index (κ3) is 5.75. The molecule has 4 rings (SSSR count). The molecule has 6 nitrogen and oxygen atoms in total. The van der Waals surface area contributed by atoms with E-state index in [1.807, 2.05) is 0 Å². The van der Waals surface area contributed by atoms with Gasteiger partial charge in [0.25, 0.3) is 5.89 Å². The SMILES string of the molecule is Cc1ccccc1-c1ccc(-c2nc(-c3ccc(CN[C@H](C(=O)O)C(C)C)c(F)c3)no2)cc1C(F)(F)F. The number of hydrogen-bond donors (Lipinski definition) is 2. The van der Waals surface area contributed by atoms with Crippen LogP contribution in [-0.2, 0) is 17.5 Å². The van der Waals surface area contributed by atoms with Crippen molar-refractivity contribution in [2.24, 2.45) is 5.92 Å². The Balaban J connectivity index is 1.61. The lowest BCUT2D eigenvalue weighted by atomic mass is 9.94. The minimum absolute atomic E-state index is 0.000501. The molecule has 38 heavy (non-hydrogen) atoms. The van der Waals surface area contributed by atoms with Crippen molar-refractivity contribution in [3.63, 3.8) is 0 Å². The van der Waals surface area contributed by atoms with Gasteiger partial charge in [-0.25, -0.2) is 4.39 Å². The first-order chi connectivity index (χ1) is 18.0. The molecule has 0 radical (unpaired) electrons. The van der Waals surface area contributed by atoms with Gasteiger partial charge in [0.2, 0.25) is 5.82 Å². The summed E-state index contributed by atoms with van der Waals surface area (Å²) in [7, 11) is 0. The number of halogens is 4. The molecule has 198 valence electrons. The highest BCUT2D eigenvalue weighted by molar-refractivity contribution is 5.75. The van der Waals surface area contributed by atoms with Crippen molar-refractivity contribution in [2.45, 2.75) is 39.5 Å². The van der Waals surface area contributed by atoms with Crippen molar-refractivity contribution in [1.82, 2.24) is 15.5 Å². The summed E-state index contributed by atoms with van der Waals surface area (Å²) in [6, 6.07) is 13.9. The maximum absolute atomic E-state index is 14.7. The fourth-order valence-corrected chi connectivity index (χ4v) is 4.14. The molecule has 1 atom stereocenters. The summed E-state index contributed by atoms with van der Waals surface area (Å²) < 4.78 is 61.9. The Hall–Kier alpha value is -4.05. The minimum atomic E-state index is -4.63. The van der Waals surface area contributed by atoms with Crippen molar-refractivity contribution in [1.29, 1.82) is 0 Å². The lowest BCUT2D eigenvalue weighted by Gasteiger charge is -2.18. The van der Waals surface area contributed by atoms with Gasteiger partial charge in [-0.15, -0.1) is 0 Å². The van der Waals surface area contributed by atoms with E-state index in [0.717, 1.165) is 6.07 Å². The quantitative estimate of drug-likeness (QED) is 0.247. The molecule has 1 aromatic heterocycles. The molecule has 0 aliphatic rings. The number of nitrogens with zero attached hydrogens (tertiary/aromatic N) is 2.